The van der Waals surface area contributed by atoms with E-state index in [9.17, 15) is 8.42 Å². The molecule has 1 fully saturated rings. The molecule has 0 bridgehead atoms. The van der Waals surface area contributed by atoms with E-state index in [0.29, 0.717) is 12.8 Å². The quantitative estimate of drug-likeness (QED) is 0.838. The van der Waals surface area contributed by atoms with Crippen molar-refractivity contribution in [2.45, 2.75) is 25.8 Å². The zero-order valence-corrected chi connectivity index (χ0v) is 10.1. The molecule has 0 spiro atoms. The molecule has 0 radical (unpaired) electrons. The van der Waals surface area contributed by atoms with E-state index in [2.05, 4.69) is 14.7 Å². The molecule has 15 heavy (non-hydrogen) atoms. The second-order valence-electron chi connectivity index (χ2n) is 3.72. The molecule has 0 unspecified atom stereocenters. The third-order valence-corrected chi connectivity index (χ3v) is 4.86. The maximum Gasteiger partial charge on any atom is 0.202 e. The zero-order chi connectivity index (χ0) is 10.9. The Hall–Kier alpha value is -0.690. The van der Waals surface area contributed by atoms with Crippen LogP contribution in [0.2, 0.25) is 0 Å². The van der Waals surface area contributed by atoms with Gasteiger partial charge in [0.2, 0.25) is 5.13 Å². The van der Waals surface area contributed by atoms with Crippen LogP contribution in [0.15, 0.2) is 0 Å². The van der Waals surface area contributed by atoms with Gasteiger partial charge in [0.15, 0.2) is 0 Å². The number of hydrogen-bond donors (Lipinski definition) is 1. The van der Waals surface area contributed by atoms with E-state index in [1.54, 1.807) is 0 Å². The number of aryl methyl sites for hydroxylation is 1. The van der Waals surface area contributed by atoms with Crippen LogP contribution in [0.4, 0.5) is 5.13 Å². The molecular weight excluding hydrogens is 234 g/mol. The molecule has 0 amide bonds. The van der Waals surface area contributed by atoms with Crippen LogP contribution in [0, 0.1) is 6.92 Å². The third-order valence-electron chi connectivity index (χ3n) is 2.41. The highest BCUT2D eigenvalue weighted by Gasteiger charge is 2.23. The largest absolute Gasteiger partial charge is 0.357 e. The molecule has 0 aromatic carbocycles. The molecule has 84 valence electrons. The highest BCUT2D eigenvalue weighted by molar-refractivity contribution is 7.91. The predicted molar refractivity (Wildman–Crippen MR) is 59.9 cm³/mol. The first-order valence-corrected chi connectivity index (χ1v) is 7.42. The summed E-state index contributed by atoms with van der Waals surface area (Å²) in [4.78, 5) is 4.19. The maximum atomic E-state index is 11.2. The van der Waals surface area contributed by atoms with Crippen molar-refractivity contribution in [2.75, 3.05) is 16.8 Å². The lowest BCUT2D eigenvalue weighted by atomic mass is 10.2. The van der Waals surface area contributed by atoms with Crippen molar-refractivity contribution in [1.29, 1.82) is 0 Å². The number of rotatable bonds is 2. The first kappa shape index (κ1) is 10.8. The molecule has 1 saturated heterocycles. The van der Waals surface area contributed by atoms with Gasteiger partial charge in [-0.1, -0.05) is 0 Å². The minimum atomic E-state index is -2.78. The van der Waals surface area contributed by atoms with Crippen LogP contribution in [0.25, 0.3) is 0 Å². The van der Waals surface area contributed by atoms with Crippen LogP contribution < -0.4 is 5.32 Å². The van der Waals surface area contributed by atoms with Gasteiger partial charge in [-0.15, -0.1) is 0 Å². The standard InChI is InChI=1S/C8H13N3O2S2/c1-6-9-8(14-11-6)10-7-2-4-15(12,13)5-3-7/h7H,2-5H2,1H3,(H,9,10,11). The van der Waals surface area contributed by atoms with Gasteiger partial charge in [-0.05, 0) is 19.8 Å². The van der Waals surface area contributed by atoms with Gasteiger partial charge in [0.05, 0.1) is 11.5 Å². The molecule has 0 saturated carbocycles. The summed E-state index contributed by atoms with van der Waals surface area (Å²) in [6, 6.07) is 0.223. The summed E-state index contributed by atoms with van der Waals surface area (Å²) >= 11 is 1.32. The fourth-order valence-corrected chi connectivity index (χ4v) is 3.71. The maximum absolute atomic E-state index is 11.2. The number of nitrogens with zero attached hydrogens (tertiary/aromatic N) is 2. The third kappa shape index (κ3) is 2.88. The first-order chi connectivity index (χ1) is 7.05. The Balaban J connectivity index is 1.92. The highest BCUT2D eigenvalue weighted by atomic mass is 32.2. The molecule has 1 aliphatic heterocycles. The van der Waals surface area contributed by atoms with Crippen molar-refractivity contribution in [3.05, 3.63) is 5.82 Å². The summed E-state index contributed by atoms with van der Waals surface area (Å²) in [7, 11) is -2.78. The molecule has 0 aliphatic carbocycles. The lowest BCUT2D eigenvalue weighted by molar-refractivity contribution is 0.559. The second kappa shape index (κ2) is 4.05. The van der Waals surface area contributed by atoms with E-state index >= 15 is 0 Å². The van der Waals surface area contributed by atoms with Gasteiger partial charge in [-0.2, -0.15) is 4.37 Å². The molecule has 1 N–H and O–H groups in total. The Morgan fingerprint density at radius 1 is 1.40 bits per heavy atom. The Morgan fingerprint density at radius 2 is 2.07 bits per heavy atom. The first-order valence-electron chi connectivity index (χ1n) is 4.82. The molecule has 1 aromatic heterocycles. The fraction of sp³-hybridized carbons (Fsp3) is 0.750. The van der Waals surface area contributed by atoms with Crippen LogP contribution in [0.3, 0.4) is 0 Å². The van der Waals surface area contributed by atoms with E-state index in [4.69, 9.17) is 0 Å². The SMILES string of the molecule is Cc1nsc(NC2CCS(=O)(=O)CC2)n1. The van der Waals surface area contributed by atoms with Gasteiger partial charge < -0.3 is 5.32 Å². The average molecular weight is 247 g/mol. The minimum Gasteiger partial charge on any atom is -0.357 e. The Bertz CT molecular complexity index is 426. The normalized spacial score (nSPS) is 21.4. The minimum absolute atomic E-state index is 0.223. The Morgan fingerprint density at radius 3 is 2.60 bits per heavy atom. The Kier molecular flexibility index (Phi) is 2.92. The number of aromatic nitrogens is 2. The van der Waals surface area contributed by atoms with Crippen LogP contribution in [-0.2, 0) is 9.84 Å². The monoisotopic (exact) mass is 247 g/mol. The van der Waals surface area contributed by atoms with Crippen molar-refractivity contribution in [2.24, 2.45) is 0 Å². The van der Waals surface area contributed by atoms with Gasteiger partial charge in [0.1, 0.15) is 15.7 Å². The van der Waals surface area contributed by atoms with E-state index in [0.717, 1.165) is 11.0 Å². The van der Waals surface area contributed by atoms with E-state index in [1.807, 2.05) is 6.92 Å². The van der Waals surface area contributed by atoms with Crippen molar-refractivity contribution in [3.8, 4) is 0 Å². The summed E-state index contributed by atoms with van der Waals surface area (Å²) in [6.07, 6.45) is 1.34. The van der Waals surface area contributed by atoms with E-state index in [1.165, 1.54) is 11.5 Å². The van der Waals surface area contributed by atoms with Crippen LogP contribution in [0.1, 0.15) is 18.7 Å². The zero-order valence-electron chi connectivity index (χ0n) is 8.43. The predicted octanol–water partition coefficient (Wildman–Crippen LogP) is 0.836. The number of nitrogens with one attached hydrogen (secondary N) is 1. The molecule has 1 aliphatic rings. The molecule has 2 heterocycles. The lowest BCUT2D eigenvalue weighted by Gasteiger charge is -2.22. The lowest BCUT2D eigenvalue weighted by Crippen LogP contribution is -2.32. The van der Waals surface area contributed by atoms with Crippen molar-refractivity contribution in [1.82, 2.24) is 9.36 Å². The molecule has 5 nitrogen and oxygen atoms in total. The molecule has 0 atom stereocenters. The molecule has 1 aromatic rings. The van der Waals surface area contributed by atoms with Crippen molar-refractivity contribution >= 4 is 26.5 Å². The fourth-order valence-electron chi connectivity index (χ4n) is 1.56. The number of sulfone groups is 1. The summed E-state index contributed by atoms with van der Waals surface area (Å²) in [6.45, 7) is 1.84. The number of hydrogen-bond acceptors (Lipinski definition) is 6. The average Bonchev–Trinajstić information content (AvgIpc) is 2.55. The van der Waals surface area contributed by atoms with Crippen molar-refractivity contribution < 1.29 is 8.42 Å². The topological polar surface area (TPSA) is 72.0 Å². The molecule has 2 rings (SSSR count). The van der Waals surface area contributed by atoms with Crippen molar-refractivity contribution in [3.63, 3.8) is 0 Å². The second-order valence-corrected chi connectivity index (χ2v) is 6.77. The summed E-state index contributed by atoms with van der Waals surface area (Å²) < 4.78 is 26.5. The van der Waals surface area contributed by atoms with Gasteiger partial charge >= 0.3 is 0 Å². The number of anilines is 1. The van der Waals surface area contributed by atoms with Gasteiger partial charge in [-0.25, -0.2) is 13.4 Å². The van der Waals surface area contributed by atoms with Gasteiger partial charge in [-0.3, -0.25) is 0 Å². The van der Waals surface area contributed by atoms with E-state index in [-0.39, 0.29) is 17.5 Å². The van der Waals surface area contributed by atoms with Gasteiger partial charge in [0, 0.05) is 17.6 Å². The molecular formula is C8H13N3O2S2. The highest BCUT2D eigenvalue weighted by Crippen LogP contribution is 2.18. The Labute approximate surface area is 93.0 Å². The van der Waals surface area contributed by atoms with Gasteiger partial charge in [0.25, 0.3) is 0 Å². The summed E-state index contributed by atoms with van der Waals surface area (Å²) in [5, 5.41) is 4.01. The van der Waals surface area contributed by atoms with Crippen LogP contribution in [0.5, 0.6) is 0 Å². The van der Waals surface area contributed by atoms with Crippen LogP contribution >= 0.6 is 11.5 Å². The van der Waals surface area contributed by atoms with Crippen LogP contribution in [-0.4, -0.2) is 35.3 Å². The summed E-state index contributed by atoms with van der Waals surface area (Å²) in [5.74, 6) is 1.32. The smallest absolute Gasteiger partial charge is 0.202 e. The summed E-state index contributed by atoms with van der Waals surface area (Å²) in [5.41, 5.74) is 0. The van der Waals surface area contributed by atoms with E-state index < -0.39 is 9.84 Å². The molecule has 7 heteroatoms.